The fourth-order valence-electron chi connectivity index (χ4n) is 2.95. The second-order valence-electron chi connectivity index (χ2n) is 6.21. The molecule has 28 heavy (non-hydrogen) atoms. The maximum atomic E-state index is 11.1. The third kappa shape index (κ3) is 5.74. The van der Waals surface area contributed by atoms with Gasteiger partial charge in [-0.25, -0.2) is 9.98 Å². The summed E-state index contributed by atoms with van der Waals surface area (Å²) in [5.74, 6) is 1.62. The number of aliphatic imine (C=N–C) groups is 1. The summed E-state index contributed by atoms with van der Waals surface area (Å²) in [6.45, 7) is 4.70. The maximum Gasteiger partial charge on any atom is 0.284 e. The summed E-state index contributed by atoms with van der Waals surface area (Å²) in [5, 5.41) is 7.30. The van der Waals surface area contributed by atoms with E-state index in [0.717, 1.165) is 31.9 Å². The molecule has 2 aromatic rings. The number of rotatable bonds is 6. The molecular weight excluding hydrogens is 495 g/mol. The fraction of sp³-hybridized carbons (Fsp3) is 0.389. The number of guanidine groups is 1. The highest BCUT2D eigenvalue weighted by Crippen LogP contribution is 2.25. The van der Waals surface area contributed by atoms with Crippen LogP contribution in [0.25, 0.3) is 0 Å². The first kappa shape index (κ1) is 22.3. The van der Waals surface area contributed by atoms with E-state index in [2.05, 4.69) is 25.5 Å². The van der Waals surface area contributed by atoms with E-state index in [1.165, 1.54) is 0 Å². The Hall–Kier alpha value is -2.01. The SMILES string of the molecule is CCNC(=NCc1ccc(C(N)=O)o1)NC1CCN(c2ncccc2Cl)C1.I. The largest absolute Gasteiger partial charge is 0.454 e. The molecule has 0 spiro atoms. The van der Waals surface area contributed by atoms with Crippen LogP contribution in [0.4, 0.5) is 5.82 Å². The summed E-state index contributed by atoms with van der Waals surface area (Å²) in [5.41, 5.74) is 5.20. The highest BCUT2D eigenvalue weighted by Gasteiger charge is 2.25. The number of hydrogen-bond donors (Lipinski definition) is 3. The lowest BCUT2D eigenvalue weighted by Crippen LogP contribution is -2.44. The van der Waals surface area contributed by atoms with Gasteiger partial charge in [0.15, 0.2) is 11.7 Å². The first-order chi connectivity index (χ1) is 13.1. The van der Waals surface area contributed by atoms with Gasteiger partial charge in [0.2, 0.25) is 0 Å². The van der Waals surface area contributed by atoms with E-state index in [1.54, 1.807) is 18.3 Å². The van der Waals surface area contributed by atoms with Crippen LogP contribution in [-0.2, 0) is 6.54 Å². The van der Waals surface area contributed by atoms with Crippen molar-refractivity contribution in [1.29, 1.82) is 0 Å². The number of anilines is 1. The van der Waals surface area contributed by atoms with Crippen LogP contribution in [0.3, 0.4) is 0 Å². The lowest BCUT2D eigenvalue weighted by atomic mass is 10.3. The molecule has 0 aliphatic carbocycles. The zero-order valence-electron chi connectivity index (χ0n) is 15.5. The van der Waals surface area contributed by atoms with Crippen molar-refractivity contribution < 1.29 is 9.21 Å². The molecule has 10 heteroatoms. The molecule has 4 N–H and O–H groups in total. The van der Waals surface area contributed by atoms with Crippen LogP contribution in [-0.4, -0.2) is 42.5 Å². The summed E-state index contributed by atoms with van der Waals surface area (Å²) in [6, 6.07) is 7.15. The average Bonchev–Trinajstić information content (AvgIpc) is 3.30. The minimum atomic E-state index is -0.588. The second kappa shape index (κ2) is 10.5. The third-order valence-corrected chi connectivity index (χ3v) is 4.50. The summed E-state index contributed by atoms with van der Waals surface area (Å²) in [4.78, 5) is 22.2. The van der Waals surface area contributed by atoms with E-state index >= 15 is 0 Å². The van der Waals surface area contributed by atoms with Gasteiger partial charge in [-0.1, -0.05) is 11.6 Å². The predicted molar refractivity (Wildman–Crippen MR) is 120 cm³/mol. The van der Waals surface area contributed by atoms with E-state index in [0.29, 0.717) is 23.3 Å². The van der Waals surface area contributed by atoms with Gasteiger partial charge in [0.05, 0.1) is 5.02 Å². The minimum Gasteiger partial charge on any atom is -0.454 e. The lowest BCUT2D eigenvalue weighted by molar-refractivity contribution is 0.0972. The third-order valence-electron chi connectivity index (χ3n) is 4.21. The van der Waals surface area contributed by atoms with Crippen molar-refractivity contribution in [3.8, 4) is 0 Å². The second-order valence-corrected chi connectivity index (χ2v) is 6.62. The number of nitrogens with zero attached hydrogens (tertiary/aromatic N) is 3. The maximum absolute atomic E-state index is 11.1. The van der Waals surface area contributed by atoms with Crippen molar-refractivity contribution >= 4 is 53.3 Å². The summed E-state index contributed by atoms with van der Waals surface area (Å²) < 4.78 is 5.36. The van der Waals surface area contributed by atoms with Crippen LogP contribution in [0.1, 0.15) is 29.7 Å². The van der Waals surface area contributed by atoms with E-state index in [4.69, 9.17) is 21.8 Å². The molecule has 2 aromatic heterocycles. The van der Waals surface area contributed by atoms with Gasteiger partial charge in [-0.15, -0.1) is 24.0 Å². The Labute approximate surface area is 185 Å². The van der Waals surface area contributed by atoms with Crippen molar-refractivity contribution in [2.24, 2.45) is 10.7 Å². The van der Waals surface area contributed by atoms with Gasteiger partial charge in [-0.3, -0.25) is 4.79 Å². The van der Waals surface area contributed by atoms with Gasteiger partial charge in [-0.2, -0.15) is 0 Å². The van der Waals surface area contributed by atoms with Crippen molar-refractivity contribution in [2.75, 3.05) is 24.5 Å². The van der Waals surface area contributed by atoms with Crippen LogP contribution in [0.15, 0.2) is 39.9 Å². The number of pyridine rings is 1. The molecule has 1 aliphatic heterocycles. The predicted octanol–water partition coefficient (Wildman–Crippen LogP) is 2.38. The number of halogens is 2. The fourth-order valence-corrected chi connectivity index (χ4v) is 3.19. The minimum absolute atomic E-state index is 0. The Morgan fingerprint density at radius 2 is 2.29 bits per heavy atom. The normalized spacial score (nSPS) is 16.6. The van der Waals surface area contributed by atoms with Crippen LogP contribution >= 0.6 is 35.6 Å². The molecule has 152 valence electrons. The van der Waals surface area contributed by atoms with Gasteiger partial charge in [0.25, 0.3) is 5.91 Å². The van der Waals surface area contributed by atoms with Gasteiger partial charge in [-0.05, 0) is 37.6 Å². The van der Waals surface area contributed by atoms with Gasteiger partial charge in [0, 0.05) is 31.9 Å². The Morgan fingerprint density at radius 1 is 1.46 bits per heavy atom. The number of hydrogen-bond acceptors (Lipinski definition) is 5. The van der Waals surface area contributed by atoms with Crippen LogP contribution in [0.2, 0.25) is 5.02 Å². The van der Waals surface area contributed by atoms with E-state index in [1.807, 2.05) is 19.1 Å². The first-order valence-electron chi connectivity index (χ1n) is 8.85. The van der Waals surface area contributed by atoms with Gasteiger partial charge < -0.3 is 25.7 Å². The first-order valence-corrected chi connectivity index (χ1v) is 9.23. The van der Waals surface area contributed by atoms with E-state index in [-0.39, 0.29) is 35.8 Å². The quantitative estimate of drug-likeness (QED) is 0.308. The van der Waals surface area contributed by atoms with E-state index < -0.39 is 5.91 Å². The summed E-state index contributed by atoms with van der Waals surface area (Å²) >= 11 is 6.25. The van der Waals surface area contributed by atoms with Crippen molar-refractivity contribution in [2.45, 2.75) is 25.9 Å². The highest BCUT2D eigenvalue weighted by molar-refractivity contribution is 14.0. The highest BCUT2D eigenvalue weighted by atomic mass is 127. The van der Waals surface area contributed by atoms with Crippen molar-refractivity contribution in [1.82, 2.24) is 15.6 Å². The Kier molecular flexibility index (Phi) is 8.36. The number of aromatic nitrogens is 1. The summed E-state index contributed by atoms with van der Waals surface area (Å²) in [6.07, 6.45) is 2.70. The number of nitrogens with two attached hydrogens (primary N) is 1. The molecule has 3 heterocycles. The summed E-state index contributed by atoms with van der Waals surface area (Å²) in [7, 11) is 0. The molecule has 1 atom stereocenters. The van der Waals surface area contributed by atoms with Crippen LogP contribution < -0.4 is 21.3 Å². The molecule has 1 amide bonds. The van der Waals surface area contributed by atoms with Gasteiger partial charge >= 0.3 is 0 Å². The number of nitrogens with one attached hydrogen (secondary N) is 2. The zero-order chi connectivity index (χ0) is 19.2. The van der Waals surface area contributed by atoms with E-state index in [9.17, 15) is 4.79 Å². The molecule has 0 radical (unpaired) electrons. The molecule has 1 fully saturated rings. The number of furan rings is 1. The number of carbonyl (C=O) groups is 1. The number of carbonyl (C=O) groups excluding carboxylic acids is 1. The molecule has 0 aromatic carbocycles. The molecule has 8 nitrogen and oxygen atoms in total. The molecule has 1 aliphatic rings. The Morgan fingerprint density at radius 3 is 2.96 bits per heavy atom. The number of primary amides is 1. The smallest absolute Gasteiger partial charge is 0.284 e. The molecule has 0 saturated carbocycles. The standard InChI is InChI=1S/C18H23ClN6O2.HI/c1-2-21-18(23-10-13-5-6-15(27-13)16(20)26)24-12-7-9-25(11-12)17-14(19)4-3-8-22-17;/h3-6,8,12H,2,7,9-11H2,1H3,(H2,20,26)(H2,21,23,24);1H. The Bertz CT molecular complexity index is 828. The molecule has 1 unspecified atom stereocenters. The average molecular weight is 519 g/mol. The molecule has 3 rings (SSSR count). The van der Waals surface area contributed by atoms with Crippen molar-refractivity contribution in [3.05, 3.63) is 47.0 Å². The topological polar surface area (TPSA) is 109 Å². The monoisotopic (exact) mass is 518 g/mol. The van der Waals surface area contributed by atoms with Crippen LogP contribution in [0, 0.1) is 0 Å². The Balaban J connectivity index is 0.00000280. The lowest BCUT2D eigenvalue weighted by Gasteiger charge is -2.20. The van der Waals surface area contributed by atoms with Crippen molar-refractivity contribution in [3.63, 3.8) is 0 Å². The number of amides is 1. The molecule has 1 saturated heterocycles. The van der Waals surface area contributed by atoms with Gasteiger partial charge in [0.1, 0.15) is 18.1 Å². The molecular formula is C18H24ClIN6O2. The zero-order valence-corrected chi connectivity index (χ0v) is 18.6. The van der Waals surface area contributed by atoms with Crippen LogP contribution in [0.5, 0.6) is 0 Å². The molecule has 0 bridgehead atoms.